The van der Waals surface area contributed by atoms with Crippen LogP contribution in [0.5, 0.6) is 0 Å². The van der Waals surface area contributed by atoms with Crippen molar-refractivity contribution < 1.29 is 0 Å². The predicted molar refractivity (Wildman–Crippen MR) is 126 cm³/mol. The monoisotopic (exact) mass is 410 g/mol. The third-order valence-electron chi connectivity index (χ3n) is 5.59. The first-order valence-electron chi connectivity index (χ1n) is 10.7. The van der Waals surface area contributed by atoms with E-state index in [9.17, 15) is 0 Å². The molecule has 3 rings (SSSR count). The first-order valence-corrected chi connectivity index (χ1v) is 11.1. The van der Waals surface area contributed by atoms with Gasteiger partial charge in [0, 0.05) is 29.8 Å². The molecule has 0 fully saturated rings. The molecule has 156 valence electrons. The maximum absolute atomic E-state index is 5.44. The average Bonchev–Trinajstić information content (AvgIpc) is 3.23. The lowest BCUT2D eigenvalue weighted by atomic mass is 9.96. The Morgan fingerprint density at radius 1 is 1.14 bits per heavy atom. The van der Waals surface area contributed by atoms with E-state index in [1.165, 1.54) is 16.8 Å². The van der Waals surface area contributed by atoms with E-state index in [4.69, 9.17) is 17.3 Å². The quantitative estimate of drug-likeness (QED) is 0.511. The van der Waals surface area contributed by atoms with E-state index in [0.29, 0.717) is 17.8 Å². The standard InChI is InChI=1S/C24H34N4S/c1-15(2)14-25-24(29)26-21-10-7-20(13-21)23-17(5)27-28(18(23)6)22-11-8-19(9-12-22)16(3)4/h7-12,15-16,20-21H,13-14H2,1-6H3,(H2,25,26,29). The molecule has 0 aliphatic heterocycles. The lowest BCUT2D eigenvalue weighted by Crippen LogP contribution is -2.41. The highest BCUT2D eigenvalue weighted by atomic mass is 32.1. The lowest BCUT2D eigenvalue weighted by Gasteiger charge is -2.18. The molecule has 1 aromatic carbocycles. The first-order chi connectivity index (χ1) is 13.8. The SMILES string of the molecule is Cc1nn(-c2ccc(C(C)C)cc2)c(C)c1C1C=CC(NC(=S)NCC(C)C)C1. The molecule has 5 heteroatoms. The molecule has 2 unspecified atom stereocenters. The number of allylic oxidation sites excluding steroid dienone is 1. The minimum atomic E-state index is 0.264. The fourth-order valence-corrected chi connectivity index (χ4v) is 4.21. The summed E-state index contributed by atoms with van der Waals surface area (Å²) in [6, 6.07) is 9.02. The van der Waals surface area contributed by atoms with Crippen LogP contribution >= 0.6 is 12.2 Å². The summed E-state index contributed by atoms with van der Waals surface area (Å²) in [6.07, 6.45) is 5.54. The van der Waals surface area contributed by atoms with Crippen LogP contribution in [0.2, 0.25) is 0 Å². The Bertz CT molecular complexity index is 877. The van der Waals surface area contributed by atoms with Crippen LogP contribution in [0.25, 0.3) is 5.69 Å². The minimum absolute atomic E-state index is 0.264. The van der Waals surface area contributed by atoms with Crippen LogP contribution in [0.3, 0.4) is 0 Å². The number of benzene rings is 1. The van der Waals surface area contributed by atoms with Gasteiger partial charge < -0.3 is 10.6 Å². The molecule has 0 radical (unpaired) electrons. The van der Waals surface area contributed by atoms with Crippen LogP contribution in [-0.2, 0) is 0 Å². The number of thiocarbonyl (C=S) groups is 1. The summed E-state index contributed by atoms with van der Waals surface area (Å²) in [7, 11) is 0. The molecule has 0 amide bonds. The molecule has 0 bridgehead atoms. The zero-order valence-corrected chi connectivity index (χ0v) is 19.3. The second-order valence-electron chi connectivity index (χ2n) is 8.82. The predicted octanol–water partition coefficient (Wildman–Crippen LogP) is 5.14. The van der Waals surface area contributed by atoms with Crippen molar-refractivity contribution in [3.05, 3.63) is 58.9 Å². The Kier molecular flexibility index (Phi) is 6.78. The fourth-order valence-electron chi connectivity index (χ4n) is 3.98. The fraction of sp³-hybridized carbons (Fsp3) is 0.500. The summed E-state index contributed by atoms with van der Waals surface area (Å²) in [6.45, 7) is 14.0. The Morgan fingerprint density at radius 3 is 2.45 bits per heavy atom. The average molecular weight is 411 g/mol. The molecule has 29 heavy (non-hydrogen) atoms. The molecule has 0 saturated heterocycles. The van der Waals surface area contributed by atoms with Crippen LogP contribution in [0.4, 0.5) is 0 Å². The zero-order chi connectivity index (χ0) is 21.1. The summed E-state index contributed by atoms with van der Waals surface area (Å²) in [4.78, 5) is 0. The second-order valence-corrected chi connectivity index (χ2v) is 9.23. The van der Waals surface area contributed by atoms with E-state index in [-0.39, 0.29) is 6.04 Å². The van der Waals surface area contributed by atoms with E-state index >= 15 is 0 Å². The van der Waals surface area contributed by atoms with Crippen LogP contribution in [0, 0.1) is 19.8 Å². The Labute approximate surface area is 180 Å². The highest BCUT2D eigenvalue weighted by molar-refractivity contribution is 7.80. The number of nitrogens with one attached hydrogen (secondary N) is 2. The Balaban J connectivity index is 1.71. The normalized spacial score (nSPS) is 18.6. The van der Waals surface area contributed by atoms with Gasteiger partial charge in [-0.3, -0.25) is 0 Å². The van der Waals surface area contributed by atoms with Gasteiger partial charge in [-0.05, 0) is 62.0 Å². The molecule has 1 aromatic heterocycles. The van der Waals surface area contributed by atoms with Crippen molar-refractivity contribution in [2.75, 3.05) is 6.54 Å². The number of aryl methyl sites for hydroxylation is 1. The lowest BCUT2D eigenvalue weighted by molar-refractivity contribution is 0.602. The molecule has 2 N–H and O–H groups in total. The number of aromatic nitrogens is 2. The van der Waals surface area contributed by atoms with Gasteiger partial charge in [-0.1, -0.05) is 52.0 Å². The van der Waals surface area contributed by atoms with Gasteiger partial charge in [0.2, 0.25) is 0 Å². The largest absolute Gasteiger partial charge is 0.362 e. The van der Waals surface area contributed by atoms with Gasteiger partial charge >= 0.3 is 0 Å². The van der Waals surface area contributed by atoms with Gasteiger partial charge in [-0.2, -0.15) is 5.10 Å². The molecule has 0 spiro atoms. The Hall–Kier alpha value is -2.14. The number of nitrogens with zero attached hydrogens (tertiary/aromatic N) is 2. The smallest absolute Gasteiger partial charge is 0.166 e. The summed E-state index contributed by atoms with van der Waals surface area (Å²) in [5.41, 5.74) is 6.13. The van der Waals surface area contributed by atoms with Crippen LogP contribution < -0.4 is 10.6 Å². The first kappa shape index (κ1) is 21.6. The van der Waals surface area contributed by atoms with Gasteiger partial charge in [0.05, 0.1) is 11.4 Å². The third kappa shape index (κ3) is 5.08. The topological polar surface area (TPSA) is 41.9 Å². The van der Waals surface area contributed by atoms with Crippen molar-refractivity contribution in [2.45, 2.75) is 65.8 Å². The third-order valence-corrected chi connectivity index (χ3v) is 5.86. The highest BCUT2D eigenvalue weighted by Gasteiger charge is 2.26. The zero-order valence-electron chi connectivity index (χ0n) is 18.5. The van der Waals surface area contributed by atoms with Gasteiger partial charge in [-0.25, -0.2) is 4.68 Å². The highest BCUT2D eigenvalue weighted by Crippen LogP contribution is 2.34. The molecule has 0 saturated carbocycles. The minimum Gasteiger partial charge on any atom is -0.362 e. The van der Waals surface area contributed by atoms with Gasteiger partial charge in [0.15, 0.2) is 5.11 Å². The van der Waals surface area contributed by atoms with Crippen LogP contribution in [-0.4, -0.2) is 27.5 Å². The summed E-state index contributed by atoms with van der Waals surface area (Å²) >= 11 is 5.44. The maximum atomic E-state index is 5.44. The van der Waals surface area contributed by atoms with Crippen molar-refractivity contribution in [3.63, 3.8) is 0 Å². The molecule has 1 heterocycles. The van der Waals surface area contributed by atoms with Crippen molar-refractivity contribution in [2.24, 2.45) is 5.92 Å². The van der Waals surface area contributed by atoms with Gasteiger partial charge in [0.25, 0.3) is 0 Å². The number of hydrogen-bond acceptors (Lipinski definition) is 2. The van der Waals surface area contributed by atoms with Gasteiger partial charge in [0.1, 0.15) is 0 Å². The molecule has 1 aliphatic carbocycles. The molecule has 2 atom stereocenters. The van der Waals surface area contributed by atoms with E-state index in [1.807, 2.05) is 0 Å². The van der Waals surface area contributed by atoms with Crippen LogP contribution in [0.1, 0.15) is 68.5 Å². The number of rotatable bonds is 6. The van der Waals surface area contributed by atoms with E-state index < -0.39 is 0 Å². The van der Waals surface area contributed by atoms with Crippen molar-refractivity contribution in [3.8, 4) is 5.69 Å². The Morgan fingerprint density at radius 2 is 1.83 bits per heavy atom. The number of hydrogen-bond donors (Lipinski definition) is 2. The summed E-state index contributed by atoms with van der Waals surface area (Å²) < 4.78 is 2.08. The van der Waals surface area contributed by atoms with E-state index in [0.717, 1.165) is 29.5 Å². The van der Waals surface area contributed by atoms with Crippen LogP contribution in [0.15, 0.2) is 36.4 Å². The van der Waals surface area contributed by atoms with Crippen molar-refractivity contribution in [1.29, 1.82) is 0 Å². The summed E-state index contributed by atoms with van der Waals surface area (Å²) in [5.74, 6) is 1.48. The maximum Gasteiger partial charge on any atom is 0.166 e. The molecule has 2 aromatic rings. The molecular weight excluding hydrogens is 376 g/mol. The molecule has 1 aliphatic rings. The summed E-state index contributed by atoms with van der Waals surface area (Å²) in [5, 5.41) is 12.3. The second kappa shape index (κ2) is 9.12. The molecular formula is C24H34N4S. The van der Waals surface area contributed by atoms with Gasteiger partial charge in [-0.15, -0.1) is 0 Å². The van der Waals surface area contributed by atoms with Crippen molar-refractivity contribution >= 4 is 17.3 Å². The van der Waals surface area contributed by atoms with Crippen molar-refractivity contribution in [1.82, 2.24) is 20.4 Å². The molecule has 4 nitrogen and oxygen atoms in total. The van der Waals surface area contributed by atoms with E-state index in [1.54, 1.807) is 0 Å². The van der Waals surface area contributed by atoms with E-state index in [2.05, 4.69) is 93.3 Å².